The second-order valence-electron chi connectivity index (χ2n) is 15.9. The van der Waals surface area contributed by atoms with E-state index in [1.54, 1.807) is 18.3 Å². The van der Waals surface area contributed by atoms with Crippen LogP contribution in [0.15, 0.2) is 36.5 Å². The number of aromatic nitrogens is 1. The van der Waals surface area contributed by atoms with E-state index in [0.717, 1.165) is 81.5 Å². The molecule has 0 bridgehead atoms. The molecule has 1 unspecified atom stereocenters. The summed E-state index contributed by atoms with van der Waals surface area (Å²) in [7, 11) is 0. The number of hydrogen-bond acceptors (Lipinski definition) is 9. The van der Waals surface area contributed by atoms with Gasteiger partial charge in [-0.15, -0.1) is 0 Å². The van der Waals surface area contributed by atoms with E-state index in [9.17, 15) is 24.0 Å². The second-order valence-corrected chi connectivity index (χ2v) is 15.9. The molecule has 3 saturated heterocycles. The predicted molar refractivity (Wildman–Crippen MR) is 184 cm³/mol. The normalized spacial score (nSPS) is 24.5. The van der Waals surface area contributed by atoms with Gasteiger partial charge in [0.15, 0.2) is 0 Å². The summed E-state index contributed by atoms with van der Waals surface area (Å²) in [4.78, 5) is 76.0. The van der Waals surface area contributed by atoms with Crippen LogP contribution in [0.4, 0.5) is 11.5 Å². The van der Waals surface area contributed by atoms with E-state index in [1.165, 1.54) is 0 Å². The zero-order valence-electron chi connectivity index (χ0n) is 29.0. The van der Waals surface area contributed by atoms with Crippen molar-refractivity contribution in [1.82, 2.24) is 25.4 Å². The summed E-state index contributed by atoms with van der Waals surface area (Å²) in [6.07, 6.45) is 5.21. The van der Waals surface area contributed by atoms with Gasteiger partial charge < -0.3 is 15.1 Å². The smallest absolute Gasteiger partial charge is 0.262 e. The lowest BCUT2D eigenvalue weighted by atomic mass is 9.52. The molecule has 12 heteroatoms. The largest absolute Gasteiger partial charge is 0.369 e. The molecule has 0 spiro atoms. The number of nitrogens with zero attached hydrogens (tertiary/aromatic N) is 5. The van der Waals surface area contributed by atoms with Gasteiger partial charge in [-0.1, -0.05) is 27.7 Å². The molecular formula is C37H47N7O5. The minimum absolute atomic E-state index is 0.0557. The van der Waals surface area contributed by atoms with Crippen molar-refractivity contribution in [2.75, 3.05) is 55.6 Å². The topological polar surface area (TPSA) is 135 Å². The average molecular weight is 670 g/mol. The van der Waals surface area contributed by atoms with Gasteiger partial charge in [0.25, 0.3) is 17.7 Å². The summed E-state index contributed by atoms with van der Waals surface area (Å²) in [5, 5.41) is 5.49. The third kappa shape index (κ3) is 6.31. The van der Waals surface area contributed by atoms with Crippen molar-refractivity contribution in [3.8, 4) is 0 Å². The van der Waals surface area contributed by atoms with Crippen molar-refractivity contribution < 1.29 is 24.0 Å². The number of anilines is 2. The molecule has 1 aromatic heterocycles. The summed E-state index contributed by atoms with van der Waals surface area (Å²) in [6.45, 7) is 15.2. The number of imide groups is 2. The molecule has 7 rings (SSSR count). The third-order valence-corrected chi connectivity index (χ3v) is 11.4. The highest BCUT2D eigenvalue weighted by Crippen LogP contribution is 2.53. The number of rotatable bonds is 7. The molecule has 12 nitrogen and oxygen atoms in total. The number of nitrogens with one attached hydrogen (secondary N) is 2. The molecule has 5 aliphatic rings. The van der Waals surface area contributed by atoms with Gasteiger partial charge in [0.1, 0.15) is 11.9 Å². The number of piperazine rings is 1. The molecule has 5 amide bonds. The van der Waals surface area contributed by atoms with Gasteiger partial charge >= 0.3 is 0 Å². The number of pyridine rings is 1. The monoisotopic (exact) mass is 669 g/mol. The molecular weight excluding hydrogens is 622 g/mol. The molecule has 1 atom stereocenters. The number of amides is 5. The van der Waals surface area contributed by atoms with Crippen molar-refractivity contribution in [1.29, 1.82) is 0 Å². The zero-order valence-corrected chi connectivity index (χ0v) is 29.0. The van der Waals surface area contributed by atoms with Crippen LogP contribution in [0.1, 0.15) is 90.9 Å². The number of hydrogen-bond donors (Lipinski definition) is 2. The third-order valence-electron chi connectivity index (χ3n) is 11.4. The zero-order chi connectivity index (χ0) is 34.7. The Hall–Kier alpha value is -4.32. The molecule has 1 saturated carbocycles. The number of carbonyl (C=O) groups is 5. The van der Waals surface area contributed by atoms with Crippen LogP contribution in [0.5, 0.6) is 0 Å². The van der Waals surface area contributed by atoms with Gasteiger partial charge in [-0.05, 0) is 72.8 Å². The van der Waals surface area contributed by atoms with Crippen LogP contribution in [0.25, 0.3) is 0 Å². The highest BCUT2D eigenvalue weighted by Gasteiger charge is 2.53. The standard InChI is InChI=1S/C37H47N7O5/c1-36(2)22-37(3,4)35(36)40-31(46)24-5-9-29(38-20-24)43-13-11-23(12-14-43)21-41-15-17-42(18-16-41)25-6-7-26-27(19-25)34(49)44(33(26)48)28-8-10-30(45)39-32(28)47/h5-7,9,19-20,23,28,35H,8,10-18,21-22H2,1-4H3,(H,40,46)(H,39,45,47). The van der Waals surface area contributed by atoms with Gasteiger partial charge in [0.05, 0.1) is 16.7 Å². The minimum atomic E-state index is -0.962. The van der Waals surface area contributed by atoms with Crippen LogP contribution in [-0.4, -0.2) is 102 Å². The maximum atomic E-state index is 13.3. The predicted octanol–water partition coefficient (Wildman–Crippen LogP) is 3.08. The Kier molecular flexibility index (Phi) is 8.49. The van der Waals surface area contributed by atoms with Crippen LogP contribution in [0, 0.1) is 16.7 Å². The first-order valence-electron chi connectivity index (χ1n) is 17.7. The summed E-state index contributed by atoms with van der Waals surface area (Å²) < 4.78 is 0. The Balaban J connectivity index is 0.874. The lowest BCUT2D eigenvalue weighted by Crippen LogP contribution is -2.63. The fourth-order valence-electron chi connectivity index (χ4n) is 9.17. The molecule has 2 N–H and O–H groups in total. The molecule has 4 fully saturated rings. The number of benzene rings is 1. The first-order chi connectivity index (χ1) is 23.3. The van der Waals surface area contributed by atoms with E-state index in [-0.39, 0.29) is 41.5 Å². The van der Waals surface area contributed by atoms with E-state index < -0.39 is 23.8 Å². The Bertz CT molecular complexity index is 1660. The van der Waals surface area contributed by atoms with Crippen LogP contribution >= 0.6 is 0 Å². The van der Waals surface area contributed by atoms with Gasteiger partial charge in [0.2, 0.25) is 11.8 Å². The molecule has 1 aromatic carbocycles. The van der Waals surface area contributed by atoms with E-state index in [1.807, 2.05) is 18.2 Å². The van der Waals surface area contributed by atoms with E-state index >= 15 is 0 Å². The van der Waals surface area contributed by atoms with Crippen LogP contribution in [0.3, 0.4) is 0 Å². The molecule has 0 radical (unpaired) electrons. The summed E-state index contributed by atoms with van der Waals surface area (Å²) in [6, 6.07) is 8.39. The number of piperidine rings is 2. The van der Waals surface area contributed by atoms with E-state index in [2.05, 4.69) is 58.0 Å². The highest BCUT2D eigenvalue weighted by molar-refractivity contribution is 6.23. The first kappa shape index (κ1) is 33.2. The number of carbonyl (C=O) groups excluding carboxylic acids is 5. The Morgan fingerprint density at radius 2 is 1.55 bits per heavy atom. The lowest BCUT2D eigenvalue weighted by molar-refractivity contribution is -0.136. The highest BCUT2D eigenvalue weighted by atomic mass is 16.2. The van der Waals surface area contributed by atoms with Gasteiger partial charge in [0, 0.05) is 70.2 Å². The summed E-state index contributed by atoms with van der Waals surface area (Å²) in [5.74, 6) is -0.480. The fraction of sp³-hybridized carbons (Fsp3) is 0.568. The lowest BCUT2D eigenvalue weighted by Gasteiger charge is -2.57. The van der Waals surface area contributed by atoms with Crippen molar-refractivity contribution in [3.63, 3.8) is 0 Å². The van der Waals surface area contributed by atoms with Crippen LogP contribution < -0.4 is 20.4 Å². The Morgan fingerprint density at radius 3 is 2.18 bits per heavy atom. The molecule has 2 aromatic rings. The van der Waals surface area contributed by atoms with Crippen LogP contribution in [0.2, 0.25) is 0 Å². The molecule has 1 aliphatic carbocycles. The number of fused-ring (bicyclic) bond motifs is 1. The van der Waals surface area contributed by atoms with Crippen molar-refractivity contribution in [2.24, 2.45) is 16.7 Å². The Morgan fingerprint density at radius 1 is 0.857 bits per heavy atom. The maximum absolute atomic E-state index is 13.3. The summed E-state index contributed by atoms with van der Waals surface area (Å²) in [5.41, 5.74) is 2.31. The van der Waals surface area contributed by atoms with Gasteiger partial charge in [-0.2, -0.15) is 0 Å². The molecule has 4 aliphatic heterocycles. The SMILES string of the molecule is CC1(C)CC(C)(C)C1NC(=O)c1ccc(N2CCC(CN3CCN(c4ccc5c(c4)C(=O)N(C4CCC(=O)NC4=O)C5=O)CC3)CC2)nc1. The minimum Gasteiger partial charge on any atom is -0.369 e. The molecule has 49 heavy (non-hydrogen) atoms. The second kappa shape index (κ2) is 12.5. The fourth-order valence-corrected chi connectivity index (χ4v) is 9.17. The van der Waals surface area contributed by atoms with E-state index in [4.69, 9.17) is 0 Å². The quantitative estimate of drug-likeness (QED) is 0.427. The summed E-state index contributed by atoms with van der Waals surface area (Å²) >= 11 is 0. The van der Waals surface area contributed by atoms with Crippen molar-refractivity contribution in [2.45, 2.75) is 71.9 Å². The van der Waals surface area contributed by atoms with Gasteiger partial charge in [-0.3, -0.25) is 39.1 Å². The van der Waals surface area contributed by atoms with Gasteiger partial charge in [-0.25, -0.2) is 4.98 Å². The average Bonchev–Trinajstić information content (AvgIpc) is 3.32. The van der Waals surface area contributed by atoms with Crippen LogP contribution in [-0.2, 0) is 9.59 Å². The van der Waals surface area contributed by atoms with E-state index in [0.29, 0.717) is 22.6 Å². The first-order valence-corrected chi connectivity index (χ1v) is 17.7. The molecule has 260 valence electrons. The Labute approximate surface area is 287 Å². The molecule has 5 heterocycles. The van der Waals surface area contributed by atoms with Crippen molar-refractivity contribution in [3.05, 3.63) is 53.2 Å². The maximum Gasteiger partial charge on any atom is 0.262 e. The van der Waals surface area contributed by atoms with Crippen molar-refractivity contribution >= 4 is 41.0 Å².